The number of anilines is 1. The number of hydrogen-bond acceptors (Lipinski definition) is 10. The van der Waals surface area contributed by atoms with Crippen molar-refractivity contribution in [2.45, 2.75) is 0 Å². The van der Waals surface area contributed by atoms with Crippen molar-refractivity contribution in [3.8, 4) is 0 Å². The topological polar surface area (TPSA) is 148 Å². The highest BCUT2D eigenvalue weighted by Gasteiger charge is 2.27. The number of rotatable bonds is 7. The molecule has 12 nitrogen and oxygen atoms in total. The molecule has 1 N–H and O–H groups in total. The third kappa shape index (κ3) is 6.16. The van der Waals surface area contributed by atoms with Gasteiger partial charge in [-0.1, -0.05) is 11.6 Å². The Balaban J connectivity index is 1.38. The van der Waals surface area contributed by atoms with Gasteiger partial charge in [-0.2, -0.15) is 0 Å². The molecule has 0 aliphatic carbocycles. The molecule has 1 aliphatic heterocycles. The summed E-state index contributed by atoms with van der Waals surface area (Å²) in [6.07, 6.45) is 0. The van der Waals surface area contributed by atoms with E-state index in [1.807, 2.05) is 4.90 Å². The Morgan fingerprint density at radius 2 is 1.62 bits per heavy atom. The number of fused-ring (bicyclic) bond motifs is 1. The number of hydrogen-bond donors (Lipinski definition) is 1. The normalized spacial score (nSPS) is 13.7. The van der Waals surface area contributed by atoms with E-state index in [4.69, 9.17) is 21.1 Å². The third-order valence-electron chi connectivity index (χ3n) is 6.10. The zero-order chi connectivity index (χ0) is 28.3. The lowest BCUT2D eigenvalue weighted by atomic mass is 10.1. The van der Waals surface area contributed by atoms with E-state index in [1.165, 1.54) is 50.6 Å². The summed E-state index contributed by atoms with van der Waals surface area (Å²) < 4.78 is 9.97. The molecule has 0 bridgehead atoms. The minimum Gasteiger partial charge on any atom is -0.465 e. The van der Waals surface area contributed by atoms with Gasteiger partial charge in [0.25, 0.3) is 11.6 Å². The van der Waals surface area contributed by atoms with Crippen molar-refractivity contribution in [3.63, 3.8) is 0 Å². The lowest BCUT2D eigenvalue weighted by Gasteiger charge is -2.34. The SMILES string of the molecule is COC(=O)c1cc(NC(=O)CN2CCN(C(=O)c3sc4cc([N+](=O)[O-])ccc4c3Cl)CC2)cc(C(=O)OC)c1. The van der Waals surface area contributed by atoms with Crippen molar-refractivity contribution >= 4 is 68.2 Å². The molecule has 39 heavy (non-hydrogen) atoms. The number of nitro groups is 1. The van der Waals surface area contributed by atoms with Gasteiger partial charge in [-0.3, -0.25) is 24.6 Å². The summed E-state index contributed by atoms with van der Waals surface area (Å²) >= 11 is 7.54. The van der Waals surface area contributed by atoms with Crippen LogP contribution in [0.4, 0.5) is 11.4 Å². The zero-order valence-electron chi connectivity index (χ0n) is 20.9. The van der Waals surface area contributed by atoms with Crippen molar-refractivity contribution in [2.75, 3.05) is 52.3 Å². The van der Waals surface area contributed by atoms with Crippen LogP contribution in [-0.2, 0) is 14.3 Å². The van der Waals surface area contributed by atoms with Crippen molar-refractivity contribution in [1.29, 1.82) is 0 Å². The molecule has 3 aromatic rings. The first-order valence-electron chi connectivity index (χ1n) is 11.6. The number of nitro benzene ring substituents is 1. The second-order valence-corrected chi connectivity index (χ2v) is 10.0. The summed E-state index contributed by atoms with van der Waals surface area (Å²) in [7, 11) is 2.41. The van der Waals surface area contributed by atoms with E-state index in [0.29, 0.717) is 41.1 Å². The third-order valence-corrected chi connectivity index (χ3v) is 7.75. The Labute approximate surface area is 231 Å². The first-order chi connectivity index (χ1) is 18.6. The zero-order valence-corrected chi connectivity index (χ0v) is 22.5. The van der Waals surface area contributed by atoms with Gasteiger partial charge in [0.1, 0.15) is 4.88 Å². The van der Waals surface area contributed by atoms with Gasteiger partial charge < -0.3 is 19.7 Å². The van der Waals surface area contributed by atoms with Gasteiger partial charge in [-0.05, 0) is 24.3 Å². The van der Waals surface area contributed by atoms with Crippen molar-refractivity contribution in [1.82, 2.24) is 9.80 Å². The smallest absolute Gasteiger partial charge is 0.337 e. The van der Waals surface area contributed by atoms with E-state index < -0.39 is 16.9 Å². The molecule has 0 unspecified atom stereocenters. The Morgan fingerprint density at radius 1 is 1.00 bits per heavy atom. The van der Waals surface area contributed by atoms with Crippen LogP contribution in [0.2, 0.25) is 5.02 Å². The van der Waals surface area contributed by atoms with E-state index in [0.717, 1.165) is 11.3 Å². The molecule has 0 saturated carbocycles. The average molecular weight is 575 g/mol. The summed E-state index contributed by atoms with van der Waals surface area (Å²) in [5.41, 5.74) is 0.316. The maximum atomic E-state index is 13.1. The highest BCUT2D eigenvalue weighted by atomic mass is 35.5. The van der Waals surface area contributed by atoms with E-state index in [2.05, 4.69) is 5.32 Å². The molecule has 1 aliphatic rings. The van der Waals surface area contributed by atoms with Crippen molar-refractivity contribution in [3.05, 3.63) is 67.5 Å². The number of non-ortho nitro benzene ring substituents is 1. The van der Waals surface area contributed by atoms with Gasteiger partial charge in [0.2, 0.25) is 5.91 Å². The predicted octanol–water partition coefficient (Wildman–Crippen LogP) is 3.43. The number of thiophene rings is 1. The van der Waals surface area contributed by atoms with Crippen LogP contribution in [0.5, 0.6) is 0 Å². The Kier molecular flexibility index (Phi) is 8.43. The molecule has 1 aromatic heterocycles. The summed E-state index contributed by atoms with van der Waals surface area (Å²) in [6.45, 7) is 1.55. The first-order valence-corrected chi connectivity index (χ1v) is 12.8. The fraction of sp³-hybridized carbons (Fsp3) is 0.280. The van der Waals surface area contributed by atoms with Crippen LogP contribution in [0.25, 0.3) is 10.1 Å². The lowest BCUT2D eigenvalue weighted by Crippen LogP contribution is -2.50. The number of amides is 2. The monoisotopic (exact) mass is 574 g/mol. The number of carbonyl (C=O) groups is 4. The van der Waals surface area contributed by atoms with Crippen LogP contribution in [0, 0.1) is 10.1 Å². The first kappa shape index (κ1) is 28.0. The minimum absolute atomic E-state index is 0.0192. The number of carbonyl (C=O) groups excluding carboxylic acids is 4. The van der Waals surface area contributed by atoms with Gasteiger partial charge in [-0.25, -0.2) is 9.59 Å². The Morgan fingerprint density at radius 3 is 2.18 bits per heavy atom. The van der Waals surface area contributed by atoms with Crippen LogP contribution in [0.3, 0.4) is 0 Å². The van der Waals surface area contributed by atoms with Gasteiger partial charge in [0.15, 0.2) is 0 Å². The molecule has 2 amide bonds. The molecule has 204 valence electrons. The molecule has 1 saturated heterocycles. The molecule has 0 atom stereocenters. The maximum Gasteiger partial charge on any atom is 0.337 e. The molecule has 2 heterocycles. The summed E-state index contributed by atoms with van der Waals surface area (Å²) in [6, 6.07) is 8.39. The fourth-order valence-electron chi connectivity index (χ4n) is 4.13. The highest BCUT2D eigenvalue weighted by molar-refractivity contribution is 7.21. The van der Waals surface area contributed by atoms with Crippen LogP contribution in [0.15, 0.2) is 36.4 Å². The summed E-state index contributed by atoms with van der Waals surface area (Å²) in [5.74, 6) is -1.99. The van der Waals surface area contributed by atoms with Crippen LogP contribution < -0.4 is 5.32 Å². The second kappa shape index (κ2) is 11.8. The number of methoxy groups -OCH3 is 2. The fourth-order valence-corrected chi connectivity index (χ4v) is 5.65. The van der Waals surface area contributed by atoms with E-state index in [1.54, 1.807) is 4.90 Å². The van der Waals surface area contributed by atoms with E-state index >= 15 is 0 Å². The molecule has 2 aromatic carbocycles. The lowest BCUT2D eigenvalue weighted by molar-refractivity contribution is -0.384. The number of nitrogens with zero attached hydrogens (tertiary/aromatic N) is 3. The Bertz CT molecular complexity index is 1450. The summed E-state index contributed by atoms with van der Waals surface area (Å²) in [5, 5.41) is 14.6. The van der Waals surface area contributed by atoms with Crippen molar-refractivity contribution < 1.29 is 33.6 Å². The summed E-state index contributed by atoms with van der Waals surface area (Å²) in [4.78, 5) is 64.2. The molecule has 0 radical (unpaired) electrons. The number of benzene rings is 2. The number of ether oxygens (including phenoxy) is 2. The van der Waals surface area contributed by atoms with Gasteiger partial charge in [0.05, 0.1) is 41.8 Å². The van der Waals surface area contributed by atoms with Gasteiger partial charge >= 0.3 is 11.9 Å². The number of nitrogens with one attached hydrogen (secondary N) is 1. The van der Waals surface area contributed by atoms with Gasteiger partial charge in [-0.15, -0.1) is 11.3 Å². The van der Waals surface area contributed by atoms with Crippen LogP contribution in [-0.4, -0.2) is 85.4 Å². The predicted molar refractivity (Wildman–Crippen MR) is 144 cm³/mol. The standard InChI is InChI=1S/C25H23ClN4O8S/c1-37-24(33)14-9-15(25(34)38-2)11-16(10-14)27-20(31)13-28-5-7-29(8-6-28)23(32)22-21(26)18-4-3-17(30(35)36)12-19(18)39-22/h3-4,9-12H,5-8,13H2,1-2H3,(H,27,31). The average Bonchev–Trinajstić information content (AvgIpc) is 3.27. The van der Waals surface area contributed by atoms with Crippen molar-refractivity contribution in [2.24, 2.45) is 0 Å². The molecule has 4 rings (SSSR count). The van der Waals surface area contributed by atoms with Gasteiger partial charge in [0, 0.05) is 54.1 Å². The second-order valence-electron chi connectivity index (χ2n) is 8.58. The molecular formula is C25H23ClN4O8S. The number of piperazine rings is 1. The molecule has 0 spiro atoms. The molecule has 14 heteroatoms. The van der Waals surface area contributed by atoms with E-state index in [9.17, 15) is 29.3 Å². The molecule has 1 fully saturated rings. The maximum absolute atomic E-state index is 13.1. The largest absolute Gasteiger partial charge is 0.465 e. The quantitative estimate of drug-likeness (QED) is 0.254. The highest BCUT2D eigenvalue weighted by Crippen LogP contribution is 2.38. The Hall–Kier alpha value is -4.07. The van der Waals surface area contributed by atoms with Crippen LogP contribution >= 0.6 is 22.9 Å². The van der Waals surface area contributed by atoms with Crippen LogP contribution in [0.1, 0.15) is 30.4 Å². The molecular weight excluding hydrogens is 552 g/mol. The number of halogens is 1. The van der Waals surface area contributed by atoms with E-state index in [-0.39, 0.29) is 45.9 Å². The minimum atomic E-state index is -0.672. The number of esters is 2.